The molecule has 0 spiro atoms. The molecule has 252 valence electrons. The molecule has 0 aromatic heterocycles. The molecular formula is C32H66O7Si4. The second-order valence-corrected chi connectivity index (χ2v) is 30.9. The Balaban J connectivity index is 1.18. The van der Waals surface area contributed by atoms with Gasteiger partial charge in [-0.25, -0.2) is 0 Å². The van der Waals surface area contributed by atoms with E-state index in [4.69, 9.17) is 30.7 Å². The maximum atomic E-state index is 7.20. The van der Waals surface area contributed by atoms with Crippen LogP contribution in [0.2, 0.25) is 50.4 Å². The van der Waals surface area contributed by atoms with Crippen molar-refractivity contribution in [1.82, 2.24) is 0 Å². The van der Waals surface area contributed by atoms with Crippen LogP contribution in [-0.4, -0.2) is 76.9 Å². The van der Waals surface area contributed by atoms with Gasteiger partial charge in [0.1, 0.15) is 0 Å². The van der Waals surface area contributed by atoms with Gasteiger partial charge in [-0.3, -0.25) is 0 Å². The molecule has 0 aromatic carbocycles. The van der Waals surface area contributed by atoms with E-state index in [-0.39, 0.29) is 0 Å². The topological polar surface area (TPSA) is 64.6 Å². The molecule has 4 fully saturated rings. The Kier molecular flexibility index (Phi) is 12.9. The van der Waals surface area contributed by atoms with Gasteiger partial charge < -0.3 is 30.7 Å². The molecule has 0 amide bonds. The van der Waals surface area contributed by atoms with Gasteiger partial charge in [-0.05, 0) is 137 Å². The van der Waals surface area contributed by atoms with Crippen LogP contribution in [0.1, 0.15) is 64.2 Å². The molecule has 4 bridgehead atoms. The highest BCUT2D eigenvalue weighted by molar-refractivity contribution is 6.84. The van der Waals surface area contributed by atoms with Crippen molar-refractivity contribution in [3.05, 3.63) is 0 Å². The molecule has 4 aliphatic carbocycles. The first-order valence-electron chi connectivity index (χ1n) is 17.4. The van der Waals surface area contributed by atoms with Crippen molar-refractivity contribution < 1.29 is 30.7 Å². The van der Waals surface area contributed by atoms with Crippen molar-refractivity contribution in [2.24, 2.45) is 47.3 Å². The molecule has 0 heterocycles. The number of hydrogen-bond donors (Lipinski definition) is 0. The van der Waals surface area contributed by atoms with Gasteiger partial charge in [0.2, 0.25) is 0 Å². The molecule has 43 heavy (non-hydrogen) atoms. The lowest BCUT2D eigenvalue weighted by Gasteiger charge is -2.37. The standard InChI is InChI=1S/C32H66O7Si4/c1-33-42(34-2,35-3)17-13-27-23-30-24-31(27)22-26(30)11-15-40(7,8)39-41(9,10)16-12-28-19-25-20-29(32(28)21-25)14-18-43(36-4,37-5)38-6/h25-32H,11-24H2,1-10H3. The van der Waals surface area contributed by atoms with Crippen molar-refractivity contribution in [3.8, 4) is 0 Å². The van der Waals surface area contributed by atoms with Crippen LogP contribution in [0.5, 0.6) is 0 Å². The number of rotatable bonds is 20. The summed E-state index contributed by atoms with van der Waals surface area (Å²) in [7, 11) is 2.16. The predicted molar refractivity (Wildman–Crippen MR) is 183 cm³/mol. The summed E-state index contributed by atoms with van der Waals surface area (Å²) in [6.45, 7) is 10.0. The SMILES string of the molecule is CO[Si](CCC1CC2CC1CC2CC[Si](C)(C)O[Si](C)(C)CCC1CC2CC(CC[Si](OC)(OC)OC)C1C2)(OC)OC. The first kappa shape index (κ1) is 36.4. The van der Waals surface area contributed by atoms with E-state index in [9.17, 15) is 0 Å². The fourth-order valence-corrected chi connectivity index (χ4v) is 22.9. The zero-order valence-electron chi connectivity index (χ0n) is 29.4. The lowest BCUT2D eigenvalue weighted by Crippen LogP contribution is -2.45. The fourth-order valence-electron chi connectivity index (χ4n) is 10.3. The molecule has 4 aliphatic rings. The summed E-state index contributed by atoms with van der Waals surface area (Å²) in [5.74, 6) is 7.09. The Morgan fingerprint density at radius 3 is 1.19 bits per heavy atom. The van der Waals surface area contributed by atoms with Crippen LogP contribution < -0.4 is 0 Å². The molecule has 0 radical (unpaired) electrons. The Bertz CT molecular complexity index is 852. The van der Waals surface area contributed by atoms with E-state index >= 15 is 0 Å². The van der Waals surface area contributed by atoms with Crippen molar-refractivity contribution in [1.29, 1.82) is 0 Å². The van der Waals surface area contributed by atoms with Crippen LogP contribution in [0.3, 0.4) is 0 Å². The maximum Gasteiger partial charge on any atom is 0.500 e. The number of fused-ring (bicyclic) bond motifs is 4. The zero-order chi connectivity index (χ0) is 31.5. The van der Waals surface area contributed by atoms with Crippen LogP contribution >= 0.6 is 0 Å². The van der Waals surface area contributed by atoms with Crippen molar-refractivity contribution >= 4 is 34.2 Å². The average molecular weight is 675 g/mol. The molecule has 4 rings (SSSR count). The van der Waals surface area contributed by atoms with Crippen LogP contribution in [0.25, 0.3) is 0 Å². The van der Waals surface area contributed by atoms with E-state index in [0.29, 0.717) is 0 Å². The molecule has 4 saturated carbocycles. The zero-order valence-corrected chi connectivity index (χ0v) is 33.4. The van der Waals surface area contributed by atoms with Crippen LogP contribution in [0.15, 0.2) is 0 Å². The largest absolute Gasteiger partial charge is 0.500 e. The predicted octanol–water partition coefficient (Wildman–Crippen LogP) is 8.05. The lowest BCUT2D eigenvalue weighted by molar-refractivity contribution is 0.117. The highest BCUT2D eigenvalue weighted by atomic mass is 28.4. The smallest absolute Gasteiger partial charge is 0.455 e. The summed E-state index contributed by atoms with van der Waals surface area (Å²) < 4.78 is 41.4. The third-order valence-corrected chi connectivity index (χ3v) is 25.5. The molecule has 8 atom stereocenters. The summed E-state index contributed by atoms with van der Waals surface area (Å²) in [4.78, 5) is 0. The third-order valence-electron chi connectivity index (χ3n) is 12.5. The average Bonchev–Trinajstić information content (AvgIpc) is 3.78. The Morgan fingerprint density at radius 2 is 0.814 bits per heavy atom. The van der Waals surface area contributed by atoms with Crippen LogP contribution in [0.4, 0.5) is 0 Å². The van der Waals surface area contributed by atoms with E-state index in [2.05, 4.69) is 26.2 Å². The highest BCUT2D eigenvalue weighted by Gasteiger charge is 2.50. The van der Waals surface area contributed by atoms with Crippen molar-refractivity contribution in [2.75, 3.05) is 42.7 Å². The van der Waals surface area contributed by atoms with Gasteiger partial charge in [0.05, 0.1) is 0 Å². The van der Waals surface area contributed by atoms with Gasteiger partial charge in [-0.1, -0.05) is 12.8 Å². The molecule has 11 heteroatoms. The monoisotopic (exact) mass is 674 g/mol. The summed E-state index contributed by atoms with van der Waals surface area (Å²) in [6.07, 6.45) is 13.7. The summed E-state index contributed by atoms with van der Waals surface area (Å²) in [5, 5.41) is 0. The maximum absolute atomic E-state index is 7.20. The fraction of sp³-hybridized carbons (Fsp3) is 1.00. The van der Waals surface area contributed by atoms with E-state index in [0.717, 1.165) is 59.4 Å². The van der Waals surface area contributed by atoms with Gasteiger partial charge in [0.15, 0.2) is 16.6 Å². The second-order valence-electron chi connectivity index (χ2n) is 15.9. The second kappa shape index (κ2) is 15.2. The van der Waals surface area contributed by atoms with Gasteiger partial charge in [0.25, 0.3) is 0 Å². The van der Waals surface area contributed by atoms with Crippen LogP contribution in [-0.2, 0) is 30.7 Å². The normalized spacial score (nSPS) is 32.8. The minimum Gasteiger partial charge on any atom is -0.455 e. The molecule has 0 aromatic rings. The van der Waals surface area contributed by atoms with Crippen molar-refractivity contribution in [3.63, 3.8) is 0 Å². The van der Waals surface area contributed by atoms with E-state index in [1.54, 1.807) is 42.7 Å². The first-order chi connectivity index (χ1) is 20.4. The number of hydrogen-bond acceptors (Lipinski definition) is 7. The minimum atomic E-state index is -2.47. The lowest BCUT2D eigenvalue weighted by atomic mass is 9.78. The minimum absolute atomic E-state index is 0.818. The van der Waals surface area contributed by atoms with E-state index in [1.165, 1.54) is 76.3 Å². The van der Waals surface area contributed by atoms with E-state index < -0.39 is 34.2 Å². The van der Waals surface area contributed by atoms with Gasteiger partial charge in [-0.15, -0.1) is 0 Å². The molecular weight excluding hydrogens is 609 g/mol. The molecule has 7 nitrogen and oxygen atoms in total. The highest BCUT2D eigenvalue weighted by Crippen LogP contribution is 2.56. The third kappa shape index (κ3) is 8.94. The molecule has 0 N–H and O–H groups in total. The summed E-state index contributed by atoms with van der Waals surface area (Å²) in [6, 6.07) is 4.54. The first-order valence-corrected chi connectivity index (χ1v) is 27.5. The molecule has 0 saturated heterocycles. The Morgan fingerprint density at radius 1 is 0.442 bits per heavy atom. The summed E-state index contributed by atoms with van der Waals surface area (Å²) in [5.41, 5.74) is 0. The van der Waals surface area contributed by atoms with Gasteiger partial charge in [-0.2, -0.15) is 0 Å². The van der Waals surface area contributed by atoms with Gasteiger partial charge >= 0.3 is 17.6 Å². The van der Waals surface area contributed by atoms with Crippen molar-refractivity contribution in [2.45, 2.75) is 115 Å². The van der Waals surface area contributed by atoms with Crippen LogP contribution in [0, 0.1) is 47.3 Å². The quantitative estimate of drug-likeness (QED) is 0.121. The van der Waals surface area contributed by atoms with Gasteiger partial charge in [0, 0.05) is 54.7 Å². The summed E-state index contributed by atoms with van der Waals surface area (Å²) >= 11 is 0. The Labute approximate surface area is 268 Å². The molecule has 0 aliphatic heterocycles. The Hall–Kier alpha value is 0.588. The molecule has 8 unspecified atom stereocenters. The van der Waals surface area contributed by atoms with E-state index in [1.807, 2.05) is 0 Å².